The summed E-state index contributed by atoms with van der Waals surface area (Å²) in [6.07, 6.45) is 4.58. The summed E-state index contributed by atoms with van der Waals surface area (Å²) in [4.78, 5) is 22.9. The van der Waals surface area contributed by atoms with Gasteiger partial charge in [0.25, 0.3) is 0 Å². The molecule has 1 aromatic carbocycles. The standard InChI is InChI=1S/C17H22N2O4/c1-23-14-9-13(17(14)7-2-8-17)19-16(22)18-10-11-3-5-12(6-4-11)15(20)21/h3-6,13-14H,2,7-10H2,1H3,(H,20,21)(H2,18,19,22). The molecule has 2 saturated carbocycles. The molecule has 0 heterocycles. The van der Waals surface area contributed by atoms with Gasteiger partial charge in [0.05, 0.1) is 11.7 Å². The second kappa shape index (κ2) is 6.20. The van der Waals surface area contributed by atoms with Crippen molar-refractivity contribution in [1.82, 2.24) is 10.6 Å². The quantitative estimate of drug-likeness (QED) is 0.776. The maximum Gasteiger partial charge on any atom is 0.335 e. The molecule has 2 amide bonds. The van der Waals surface area contributed by atoms with Crippen LogP contribution in [0.1, 0.15) is 41.6 Å². The minimum absolute atomic E-state index is 0.148. The van der Waals surface area contributed by atoms with Crippen molar-refractivity contribution in [3.8, 4) is 0 Å². The Balaban J connectivity index is 1.48. The first-order valence-electron chi connectivity index (χ1n) is 7.94. The molecule has 2 fully saturated rings. The van der Waals surface area contributed by atoms with E-state index in [1.165, 1.54) is 18.6 Å². The van der Waals surface area contributed by atoms with E-state index in [0.29, 0.717) is 6.54 Å². The zero-order valence-corrected chi connectivity index (χ0v) is 13.2. The van der Waals surface area contributed by atoms with Crippen LogP contribution < -0.4 is 10.6 Å². The van der Waals surface area contributed by atoms with Crippen LogP contribution in [-0.4, -0.2) is 36.4 Å². The van der Waals surface area contributed by atoms with Crippen LogP contribution in [0.3, 0.4) is 0 Å². The van der Waals surface area contributed by atoms with Gasteiger partial charge in [-0.05, 0) is 37.0 Å². The largest absolute Gasteiger partial charge is 0.478 e. The van der Waals surface area contributed by atoms with Crippen LogP contribution in [0, 0.1) is 5.41 Å². The third-order valence-electron chi connectivity index (χ3n) is 5.31. The number of nitrogens with one attached hydrogen (secondary N) is 2. The van der Waals surface area contributed by atoms with Crippen LogP contribution in [0.15, 0.2) is 24.3 Å². The van der Waals surface area contributed by atoms with Crippen molar-refractivity contribution in [2.75, 3.05) is 7.11 Å². The maximum atomic E-state index is 12.1. The topological polar surface area (TPSA) is 87.7 Å². The molecule has 3 rings (SSSR count). The number of urea groups is 1. The predicted molar refractivity (Wildman–Crippen MR) is 84.3 cm³/mol. The minimum atomic E-state index is -0.953. The van der Waals surface area contributed by atoms with Crippen LogP contribution in [0.5, 0.6) is 0 Å². The Morgan fingerprint density at radius 3 is 2.52 bits per heavy atom. The van der Waals surface area contributed by atoms with Crippen molar-refractivity contribution in [3.05, 3.63) is 35.4 Å². The summed E-state index contributed by atoms with van der Waals surface area (Å²) in [5.41, 5.74) is 1.26. The lowest BCUT2D eigenvalue weighted by Gasteiger charge is -2.60. The Morgan fingerprint density at radius 2 is 2.00 bits per heavy atom. The SMILES string of the molecule is COC1CC(NC(=O)NCc2ccc(C(=O)O)cc2)C12CCC2. The van der Waals surface area contributed by atoms with E-state index < -0.39 is 5.97 Å². The molecular formula is C17H22N2O4. The van der Waals surface area contributed by atoms with Crippen molar-refractivity contribution in [2.24, 2.45) is 5.41 Å². The Morgan fingerprint density at radius 1 is 1.30 bits per heavy atom. The molecule has 0 bridgehead atoms. The molecule has 0 aromatic heterocycles. The first kappa shape index (κ1) is 15.8. The Labute approximate surface area is 135 Å². The van der Waals surface area contributed by atoms with E-state index in [9.17, 15) is 9.59 Å². The summed E-state index contributed by atoms with van der Waals surface area (Å²) in [6.45, 7) is 0.374. The molecule has 2 aliphatic rings. The van der Waals surface area contributed by atoms with Crippen molar-refractivity contribution in [3.63, 3.8) is 0 Å². The monoisotopic (exact) mass is 318 g/mol. The van der Waals surface area contributed by atoms with Crippen LogP contribution in [0.2, 0.25) is 0 Å². The molecule has 0 aliphatic heterocycles. The molecule has 6 nitrogen and oxygen atoms in total. The molecular weight excluding hydrogens is 296 g/mol. The smallest absolute Gasteiger partial charge is 0.335 e. The molecule has 0 radical (unpaired) electrons. The lowest BCUT2D eigenvalue weighted by molar-refractivity contribution is -0.158. The molecule has 2 unspecified atom stereocenters. The zero-order chi connectivity index (χ0) is 16.4. The van der Waals surface area contributed by atoms with E-state index in [4.69, 9.17) is 9.84 Å². The minimum Gasteiger partial charge on any atom is -0.478 e. The van der Waals surface area contributed by atoms with Gasteiger partial charge in [-0.15, -0.1) is 0 Å². The fourth-order valence-electron chi connectivity index (χ4n) is 3.69. The number of hydrogen-bond acceptors (Lipinski definition) is 3. The van der Waals surface area contributed by atoms with Gasteiger partial charge in [0.1, 0.15) is 0 Å². The van der Waals surface area contributed by atoms with Gasteiger partial charge in [-0.3, -0.25) is 0 Å². The van der Waals surface area contributed by atoms with Gasteiger partial charge in [0, 0.05) is 25.1 Å². The maximum absolute atomic E-state index is 12.1. The predicted octanol–water partition coefficient (Wildman–Crippen LogP) is 2.14. The molecule has 2 aliphatic carbocycles. The number of ether oxygens (including phenoxy) is 1. The van der Waals surface area contributed by atoms with E-state index in [1.54, 1.807) is 19.2 Å². The molecule has 3 N–H and O–H groups in total. The number of benzene rings is 1. The van der Waals surface area contributed by atoms with Gasteiger partial charge in [-0.1, -0.05) is 18.6 Å². The van der Waals surface area contributed by atoms with Crippen LogP contribution in [0.4, 0.5) is 4.79 Å². The van der Waals surface area contributed by atoms with E-state index in [2.05, 4.69) is 10.6 Å². The summed E-state index contributed by atoms with van der Waals surface area (Å²) in [5.74, 6) is -0.953. The lowest BCUT2D eigenvalue weighted by atomic mass is 9.51. The molecule has 6 heteroatoms. The number of hydrogen-bond donors (Lipinski definition) is 3. The van der Waals surface area contributed by atoms with E-state index in [0.717, 1.165) is 24.8 Å². The van der Waals surface area contributed by atoms with Gasteiger partial charge in [-0.2, -0.15) is 0 Å². The molecule has 1 aromatic rings. The lowest BCUT2D eigenvalue weighted by Crippen LogP contribution is -2.68. The Kier molecular flexibility index (Phi) is 4.26. The molecule has 1 spiro atoms. The first-order valence-corrected chi connectivity index (χ1v) is 7.94. The van der Waals surface area contributed by atoms with E-state index in [1.807, 2.05) is 0 Å². The number of carbonyl (C=O) groups excluding carboxylic acids is 1. The normalized spacial score (nSPS) is 24.4. The second-order valence-corrected chi connectivity index (χ2v) is 6.43. The van der Waals surface area contributed by atoms with E-state index >= 15 is 0 Å². The van der Waals surface area contributed by atoms with Crippen LogP contribution >= 0.6 is 0 Å². The molecule has 0 saturated heterocycles. The van der Waals surface area contributed by atoms with Gasteiger partial charge >= 0.3 is 12.0 Å². The highest BCUT2D eigenvalue weighted by molar-refractivity contribution is 5.87. The third kappa shape index (κ3) is 2.91. The number of carboxylic acids is 1. The van der Waals surface area contributed by atoms with Crippen LogP contribution in [0.25, 0.3) is 0 Å². The average Bonchev–Trinajstić information content (AvgIpc) is 2.47. The Hall–Kier alpha value is -2.08. The van der Waals surface area contributed by atoms with Gasteiger partial charge < -0.3 is 20.5 Å². The molecule has 2 atom stereocenters. The molecule has 124 valence electrons. The number of aromatic carboxylic acids is 1. The zero-order valence-electron chi connectivity index (χ0n) is 13.2. The Bertz CT molecular complexity index is 595. The van der Waals surface area contributed by atoms with Crippen molar-refractivity contribution in [1.29, 1.82) is 0 Å². The third-order valence-corrected chi connectivity index (χ3v) is 5.31. The van der Waals surface area contributed by atoms with Crippen molar-refractivity contribution >= 4 is 12.0 Å². The van der Waals surface area contributed by atoms with Crippen molar-refractivity contribution in [2.45, 2.75) is 44.4 Å². The summed E-state index contributed by atoms with van der Waals surface area (Å²) >= 11 is 0. The first-order chi connectivity index (χ1) is 11.0. The average molecular weight is 318 g/mol. The summed E-state index contributed by atoms with van der Waals surface area (Å²) in [5, 5.41) is 14.7. The highest BCUT2D eigenvalue weighted by atomic mass is 16.5. The van der Waals surface area contributed by atoms with Gasteiger partial charge in [0.15, 0.2) is 0 Å². The van der Waals surface area contributed by atoms with Gasteiger partial charge in [0.2, 0.25) is 0 Å². The number of amides is 2. The summed E-state index contributed by atoms with van der Waals surface area (Å²) < 4.78 is 5.50. The van der Waals surface area contributed by atoms with E-state index in [-0.39, 0.29) is 29.2 Å². The fourth-order valence-corrected chi connectivity index (χ4v) is 3.69. The summed E-state index contributed by atoms with van der Waals surface area (Å²) in [6, 6.07) is 6.50. The fraction of sp³-hybridized carbons (Fsp3) is 0.529. The van der Waals surface area contributed by atoms with Gasteiger partial charge in [-0.25, -0.2) is 9.59 Å². The second-order valence-electron chi connectivity index (χ2n) is 6.43. The highest BCUT2D eigenvalue weighted by Gasteiger charge is 2.59. The number of methoxy groups -OCH3 is 1. The highest BCUT2D eigenvalue weighted by Crippen LogP contribution is 2.57. The molecule has 23 heavy (non-hydrogen) atoms. The van der Waals surface area contributed by atoms with Crippen LogP contribution in [-0.2, 0) is 11.3 Å². The summed E-state index contributed by atoms with van der Waals surface area (Å²) in [7, 11) is 1.74. The van der Waals surface area contributed by atoms with Crippen molar-refractivity contribution < 1.29 is 19.4 Å². The number of rotatable bonds is 5. The number of carbonyl (C=O) groups is 2. The number of carboxylic acid groups (broad SMARTS) is 1.